The molecule has 0 unspecified atom stereocenters. The summed E-state index contributed by atoms with van der Waals surface area (Å²) in [4.78, 5) is 0. The fourth-order valence-corrected chi connectivity index (χ4v) is 2.05. The fraction of sp³-hybridized carbons (Fsp3) is 0.286. The molecule has 0 radical (unpaired) electrons. The highest BCUT2D eigenvalue weighted by Gasteiger charge is 2.03. The van der Waals surface area contributed by atoms with Gasteiger partial charge in [0.2, 0.25) is 0 Å². The third-order valence-electron chi connectivity index (χ3n) is 2.98. The monoisotopic (exact) mass is 274 g/mol. The van der Waals surface area contributed by atoms with Gasteiger partial charge in [0.1, 0.15) is 0 Å². The molecule has 2 rings (SSSR count). The zero-order valence-corrected chi connectivity index (χ0v) is 12.2. The van der Waals surface area contributed by atoms with Gasteiger partial charge in [-0.15, -0.1) is 0 Å². The first-order valence-corrected chi connectivity index (χ1v) is 6.56. The summed E-state index contributed by atoms with van der Waals surface area (Å²) in [5, 5.41) is 11.1. The number of anilines is 1. The van der Waals surface area contributed by atoms with Crippen molar-refractivity contribution in [1.29, 1.82) is 0 Å². The van der Waals surface area contributed by atoms with Gasteiger partial charge in [0, 0.05) is 18.9 Å². The van der Waals surface area contributed by atoms with Crippen LogP contribution in [-0.4, -0.2) is 14.9 Å². The van der Waals surface area contributed by atoms with Gasteiger partial charge in [-0.25, -0.2) is 0 Å². The number of nitrogens with zero attached hydrogens (tertiary/aromatic N) is 2. The summed E-state index contributed by atoms with van der Waals surface area (Å²) in [5.74, 6) is 0. The average Bonchev–Trinajstić information content (AvgIpc) is 2.76. The third kappa shape index (κ3) is 3.54. The molecule has 0 aliphatic rings. The molecule has 0 saturated heterocycles. The molecule has 0 saturated carbocycles. The van der Waals surface area contributed by atoms with Crippen molar-refractivity contribution >= 4 is 23.0 Å². The van der Waals surface area contributed by atoms with Crippen LogP contribution in [-0.2, 0) is 13.6 Å². The van der Waals surface area contributed by atoms with Gasteiger partial charge >= 0.3 is 0 Å². The number of aryl methyl sites for hydroxylation is 3. The quantitative estimate of drug-likeness (QED) is 0.844. The molecule has 0 aliphatic carbocycles. The molecule has 2 aromatic rings. The van der Waals surface area contributed by atoms with Gasteiger partial charge < -0.3 is 10.6 Å². The van der Waals surface area contributed by atoms with E-state index >= 15 is 0 Å². The normalized spacial score (nSPS) is 10.3. The molecule has 0 bridgehead atoms. The van der Waals surface area contributed by atoms with Crippen molar-refractivity contribution in [2.45, 2.75) is 20.4 Å². The molecule has 0 atom stereocenters. The Bertz CT molecular complexity index is 589. The Morgan fingerprint density at radius 1 is 1.32 bits per heavy atom. The van der Waals surface area contributed by atoms with Crippen molar-refractivity contribution in [2.75, 3.05) is 5.32 Å². The maximum absolute atomic E-state index is 5.29. The van der Waals surface area contributed by atoms with E-state index in [-0.39, 0.29) is 0 Å². The Labute approximate surface area is 118 Å². The van der Waals surface area contributed by atoms with E-state index in [2.05, 4.69) is 41.7 Å². The van der Waals surface area contributed by atoms with Crippen molar-refractivity contribution in [3.63, 3.8) is 0 Å². The number of benzene rings is 1. The van der Waals surface area contributed by atoms with Gasteiger partial charge in [-0.1, -0.05) is 17.7 Å². The van der Waals surface area contributed by atoms with E-state index in [9.17, 15) is 0 Å². The summed E-state index contributed by atoms with van der Waals surface area (Å²) in [7, 11) is 1.91. The SMILES string of the molecule is Cc1ccc(NC(=S)NCc2ccnn2C)c(C)c1. The number of rotatable bonds is 3. The Morgan fingerprint density at radius 3 is 2.74 bits per heavy atom. The largest absolute Gasteiger partial charge is 0.357 e. The van der Waals surface area contributed by atoms with E-state index in [0.717, 1.165) is 11.4 Å². The van der Waals surface area contributed by atoms with Crippen LogP contribution in [0.3, 0.4) is 0 Å². The van der Waals surface area contributed by atoms with E-state index in [1.807, 2.05) is 23.9 Å². The molecule has 5 heteroatoms. The van der Waals surface area contributed by atoms with E-state index in [1.165, 1.54) is 11.1 Å². The minimum Gasteiger partial charge on any atom is -0.357 e. The Kier molecular flexibility index (Phi) is 4.16. The van der Waals surface area contributed by atoms with Crippen LogP contribution in [0, 0.1) is 13.8 Å². The highest BCUT2D eigenvalue weighted by atomic mass is 32.1. The van der Waals surface area contributed by atoms with Crippen LogP contribution in [0.4, 0.5) is 5.69 Å². The first-order chi connectivity index (χ1) is 9.06. The Hall–Kier alpha value is -1.88. The molecule has 0 spiro atoms. The second-order valence-electron chi connectivity index (χ2n) is 4.57. The molecule has 0 amide bonds. The summed E-state index contributed by atoms with van der Waals surface area (Å²) in [6.45, 7) is 4.81. The second kappa shape index (κ2) is 5.84. The first kappa shape index (κ1) is 13.5. The molecule has 4 nitrogen and oxygen atoms in total. The number of nitrogens with one attached hydrogen (secondary N) is 2. The maximum Gasteiger partial charge on any atom is 0.171 e. The molecule has 1 heterocycles. The number of aromatic nitrogens is 2. The van der Waals surface area contributed by atoms with Crippen molar-refractivity contribution in [3.8, 4) is 0 Å². The van der Waals surface area contributed by atoms with E-state index < -0.39 is 0 Å². The van der Waals surface area contributed by atoms with Crippen LogP contribution in [0.5, 0.6) is 0 Å². The lowest BCUT2D eigenvalue weighted by Gasteiger charge is -2.13. The van der Waals surface area contributed by atoms with Crippen LogP contribution in [0.1, 0.15) is 16.8 Å². The minimum atomic E-state index is 0.619. The summed E-state index contributed by atoms with van der Waals surface area (Å²) >= 11 is 5.29. The van der Waals surface area contributed by atoms with Gasteiger partial charge in [-0.05, 0) is 43.8 Å². The lowest BCUT2D eigenvalue weighted by atomic mass is 10.1. The van der Waals surface area contributed by atoms with Crippen LogP contribution in [0.25, 0.3) is 0 Å². The van der Waals surface area contributed by atoms with Gasteiger partial charge in [-0.3, -0.25) is 4.68 Å². The zero-order chi connectivity index (χ0) is 13.8. The van der Waals surface area contributed by atoms with Crippen molar-refractivity contribution in [2.24, 2.45) is 7.05 Å². The van der Waals surface area contributed by atoms with E-state index in [1.54, 1.807) is 6.20 Å². The summed E-state index contributed by atoms with van der Waals surface area (Å²) in [6.07, 6.45) is 1.78. The van der Waals surface area contributed by atoms with Crippen molar-refractivity contribution in [1.82, 2.24) is 15.1 Å². The van der Waals surface area contributed by atoms with Crippen LogP contribution < -0.4 is 10.6 Å². The summed E-state index contributed by atoms with van der Waals surface area (Å²) in [5.41, 5.74) is 4.55. The van der Waals surface area contributed by atoms with Gasteiger partial charge in [-0.2, -0.15) is 5.10 Å². The highest BCUT2D eigenvalue weighted by molar-refractivity contribution is 7.80. The van der Waals surface area contributed by atoms with Gasteiger partial charge in [0.05, 0.1) is 12.2 Å². The smallest absolute Gasteiger partial charge is 0.171 e. The first-order valence-electron chi connectivity index (χ1n) is 6.15. The highest BCUT2D eigenvalue weighted by Crippen LogP contribution is 2.15. The zero-order valence-electron chi connectivity index (χ0n) is 11.4. The number of hydrogen-bond donors (Lipinski definition) is 2. The topological polar surface area (TPSA) is 41.9 Å². The van der Waals surface area contributed by atoms with E-state index in [0.29, 0.717) is 11.7 Å². The third-order valence-corrected chi connectivity index (χ3v) is 3.23. The number of hydrogen-bond acceptors (Lipinski definition) is 2. The van der Waals surface area contributed by atoms with Crippen molar-refractivity contribution < 1.29 is 0 Å². The molecule has 2 N–H and O–H groups in total. The summed E-state index contributed by atoms with van der Waals surface area (Å²) < 4.78 is 1.83. The number of thiocarbonyl (C=S) groups is 1. The lowest BCUT2D eigenvalue weighted by Crippen LogP contribution is -2.29. The minimum absolute atomic E-state index is 0.619. The van der Waals surface area contributed by atoms with Gasteiger partial charge in [0.25, 0.3) is 0 Å². The molecule has 0 aliphatic heterocycles. The molecule has 0 fully saturated rings. The Morgan fingerprint density at radius 2 is 2.11 bits per heavy atom. The molecule has 1 aromatic heterocycles. The molecular formula is C14H18N4S. The second-order valence-corrected chi connectivity index (χ2v) is 4.98. The van der Waals surface area contributed by atoms with Crippen molar-refractivity contribution in [3.05, 3.63) is 47.3 Å². The van der Waals surface area contributed by atoms with Crippen LogP contribution in [0.15, 0.2) is 30.5 Å². The molecule has 100 valence electrons. The van der Waals surface area contributed by atoms with Crippen LogP contribution in [0.2, 0.25) is 0 Å². The molecule has 1 aromatic carbocycles. The Balaban J connectivity index is 1.93. The lowest BCUT2D eigenvalue weighted by molar-refractivity contribution is 0.695. The summed E-state index contributed by atoms with van der Waals surface area (Å²) in [6, 6.07) is 8.21. The van der Waals surface area contributed by atoms with Crippen LogP contribution >= 0.6 is 12.2 Å². The predicted octanol–water partition coefficient (Wildman–Crippen LogP) is 2.52. The standard InChI is InChI=1S/C14H18N4S/c1-10-4-5-13(11(2)8-10)17-14(19)15-9-12-6-7-16-18(12)3/h4-8H,9H2,1-3H3,(H2,15,17,19). The van der Waals surface area contributed by atoms with Gasteiger partial charge in [0.15, 0.2) is 5.11 Å². The molecule has 19 heavy (non-hydrogen) atoms. The average molecular weight is 274 g/mol. The predicted molar refractivity (Wildman–Crippen MR) is 82.2 cm³/mol. The van der Waals surface area contributed by atoms with E-state index in [4.69, 9.17) is 12.2 Å². The molecular weight excluding hydrogens is 256 g/mol. The fourth-order valence-electron chi connectivity index (χ4n) is 1.87. The maximum atomic E-state index is 5.29.